The lowest BCUT2D eigenvalue weighted by Gasteiger charge is -2.09. The van der Waals surface area contributed by atoms with Crippen molar-refractivity contribution in [3.8, 4) is 0 Å². The molecular weight excluding hydrogens is 316 g/mol. The highest BCUT2D eigenvalue weighted by Crippen LogP contribution is 2.18. The van der Waals surface area contributed by atoms with Gasteiger partial charge >= 0.3 is 5.97 Å². The number of hydrogen-bond donors (Lipinski definition) is 1. The van der Waals surface area contributed by atoms with Crippen LogP contribution in [0, 0.1) is 10.1 Å². The van der Waals surface area contributed by atoms with Crippen LogP contribution >= 0.6 is 0 Å². The third-order valence-corrected chi connectivity index (χ3v) is 2.79. The van der Waals surface area contributed by atoms with Gasteiger partial charge in [0.1, 0.15) is 11.3 Å². The van der Waals surface area contributed by atoms with E-state index in [-0.39, 0.29) is 23.4 Å². The minimum atomic E-state index is -0.802. The highest BCUT2D eigenvalue weighted by molar-refractivity contribution is 6.23. The maximum atomic E-state index is 12.2. The number of ether oxygens (including phenoxy) is 1. The normalized spacial score (nSPS) is 11.8. The van der Waals surface area contributed by atoms with E-state index in [9.17, 15) is 24.8 Å². The van der Waals surface area contributed by atoms with Gasteiger partial charge in [-0.25, -0.2) is 4.79 Å². The summed E-state index contributed by atoms with van der Waals surface area (Å²) >= 11 is 0. The van der Waals surface area contributed by atoms with Crippen molar-refractivity contribution in [2.45, 2.75) is 6.92 Å². The maximum absolute atomic E-state index is 12.2. The van der Waals surface area contributed by atoms with Crippen molar-refractivity contribution in [1.29, 1.82) is 0 Å². The molecule has 0 heterocycles. The van der Waals surface area contributed by atoms with E-state index in [4.69, 9.17) is 4.74 Å². The van der Waals surface area contributed by atoms with Crippen molar-refractivity contribution >= 4 is 23.2 Å². The molecule has 0 radical (unpaired) electrons. The van der Waals surface area contributed by atoms with Gasteiger partial charge in [0.2, 0.25) is 0 Å². The number of rotatable bonds is 7. The van der Waals surface area contributed by atoms with Gasteiger partial charge < -0.3 is 14.7 Å². The molecule has 24 heavy (non-hydrogen) atoms. The molecule has 0 aliphatic rings. The van der Waals surface area contributed by atoms with Gasteiger partial charge in [-0.15, -0.1) is 0 Å². The first kappa shape index (κ1) is 18.9. The van der Waals surface area contributed by atoms with Gasteiger partial charge in [0, 0.05) is 44.1 Å². The summed E-state index contributed by atoms with van der Waals surface area (Å²) < 4.78 is 4.81. The number of non-ortho nitro benzene ring substituents is 1. The molecule has 0 amide bonds. The van der Waals surface area contributed by atoms with E-state index in [2.05, 4.69) is 0 Å². The molecule has 0 aliphatic heterocycles. The van der Waals surface area contributed by atoms with Gasteiger partial charge in [0.25, 0.3) is 5.69 Å². The summed E-state index contributed by atoms with van der Waals surface area (Å²) in [5.41, 5.74) is -0.171. The first-order valence-corrected chi connectivity index (χ1v) is 7.01. The maximum Gasteiger partial charge on any atom is 0.343 e. The number of ketones is 1. The predicted molar refractivity (Wildman–Crippen MR) is 87.1 cm³/mol. The number of nitro groups is 1. The molecule has 0 fully saturated rings. The van der Waals surface area contributed by atoms with E-state index in [1.165, 1.54) is 35.4 Å². The molecule has 0 aromatic heterocycles. The fraction of sp³-hybridized carbons (Fsp3) is 0.250. The molecule has 0 unspecified atom stereocenters. The monoisotopic (exact) mass is 334 g/mol. The summed E-state index contributed by atoms with van der Waals surface area (Å²) in [6.45, 7) is 1.72. The molecule has 8 heteroatoms. The summed E-state index contributed by atoms with van der Waals surface area (Å²) in [4.78, 5) is 35.6. The highest BCUT2D eigenvalue weighted by Gasteiger charge is 2.19. The third kappa shape index (κ3) is 5.24. The average molecular weight is 334 g/mol. The van der Waals surface area contributed by atoms with Crippen LogP contribution in [0.3, 0.4) is 0 Å². The smallest absolute Gasteiger partial charge is 0.343 e. The lowest BCUT2D eigenvalue weighted by atomic mass is 10.1. The lowest BCUT2D eigenvalue weighted by Crippen LogP contribution is -2.18. The number of carbonyl (C=O) groups excluding carboxylic acids is 2. The van der Waals surface area contributed by atoms with E-state index in [0.717, 1.165) is 6.08 Å². The fourth-order valence-corrected chi connectivity index (χ4v) is 1.72. The first-order chi connectivity index (χ1) is 11.3. The van der Waals surface area contributed by atoms with Crippen LogP contribution in [0.5, 0.6) is 0 Å². The van der Waals surface area contributed by atoms with Crippen LogP contribution in [0.15, 0.2) is 42.1 Å². The zero-order valence-electron chi connectivity index (χ0n) is 13.6. The van der Waals surface area contributed by atoms with Crippen LogP contribution in [0.4, 0.5) is 5.69 Å². The minimum absolute atomic E-state index is 0.106. The Morgan fingerprint density at radius 1 is 1.29 bits per heavy atom. The van der Waals surface area contributed by atoms with Gasteiger partial charge in [-0.2, -0.15) is 0 Å². The largest absolute Gasteiger partial charge is 0.507 e. The number of esters is 1. The number of aliphatic hydroxyl groups is 1. The SMILES string of the molecule is CCOC(=O)C(=CN(C)C)C(=O)/C=C(\O)c1ccc([N+](=O)[O-])cc1. The topological polar surface area (TPSA) is 110 Å². The molecule has 0 saturated heterocycles. The molecule has 1 rings (SSSR count). The Kier molecular flexibility index (Phi) is 6.66. The molecule has 128 valence electrons. The van der Waals surface area contributed by atoms with Gasteiger partial charge in [-0.3, -0.25) is 14.9 Å². The minimum Gasteiger partial charge on any atom is -0.507 e. The Hall–Kier alpha value is -3.16. The summed E-state index contributed by atoms with van der Waals surface area (Å²) in [6.07, 6.45) is 2.16. The summed E-state index contributed by atoms with van der Waals surface area (Å²) in [5.74, 6) is -1.95. The number of benzene rings is 1. The van der Waals surface area contributed by atoms with E-state index < -0.39 is 22.4 Å². The summed E-state index contributed by atoms with van der Waals surface area (Å²) in [5, 5.41) is 20.6. The second-order valence-electron chi connectivity index (χ2n) is 4.92. The van der Waals surface area contributed by atoms with E-state index in [0.29, 0.717) is 0 Å². The van der Waals surface area contributed by atoms with Crippen molar-refractivity contribution in [3.63, 3.8) is 0 Å². The molecule has 0 atom stereocenters. The Morgan fingerprint density at radius 2 is 1.88 bits per heavy atom. The molecule has 1 aromatic rings. The third-order valence-electron chi connectivity index (χ3n) is 2.79. The number of nitrogens with zero attached hydrogens (tertiary/aromatic N) is 2. The van der Waals surface area contributed by atoms with Crippen LogP contribution in [0.2, 0.25) is 0 Å². The van der Waals surface area contributed by atoms with Crippen molar-refractivity contribution in [2.24, 2.45) is 0 Å². The lowest BCUT2D eigenvalue weighted by molar-refractivity contribution is -0.384. The van der Waals surface area contributed by atoms with Crippen molar-refractivity contribution in [3.05, 3.63) is 57.8 Å². The van der Waals surface area contributed by atoms with Crippen LogP contribution in [0.25, 0.3) is 5.76 Å². The van der Waals surface area contributed by atoms with Gasteiger partial charge in [-0.05, 0) is 19.1 Å². The number of aliphatic hydroxyl groups excluding tert-OH is 1. The van der Waals surface area contributed by atoms with Crippen LogP contribution in [-0.4, -0.2) is 47.4 Å². The average Bonchev–Trinajstić information content (AvgIpc) is 2.52. The first-order valence-electron chi connectivity index (χ1n) is 7.01. The van der Waals surface area contributed by atoms with Crippen LogP contribution in [-0.2, 0) is 14.3 Å². The number of carbonyl (C=O) groups is 2. The van der Waals surface area contributed by atoms with Crippen molar-refractivity contribution in [2.75, 3.05) is 20.7 Å². The second-order valence-corrected chi connectivity index (χ2v) is 4.92. The quantitative estimate of drug-likeness (QED) is 0.155. The molecule has 0 bridgehead atoms. The second kappa shape index (κ2) is 8.47. The molecule has 1 aromatic carbocycles. The Bertz CT molecular complexity index is 689. The number of hydrogen-bond acceptors (Lipinski definition) is 7. The Labute approximate surface area is 138 Å². The number of allylic oxidation sites excluding steroid dienone is 1. The fourth-order valence-electron chi connectivity index (χ4n) is 1.72. The zero-order valence-corrected chi connectivity index (χ0v) is 13.6. The molecule has 0 spiro atoms. The Morgan fingerprint density at radius 3 is 2.33 bits per heavy atom. The Balaban J connectivity index is 3.08. The van der Waals surface area contributed by atoms with Crippen molar-refractivity contribution in [1.82, 2.24) is 4.90 Å². The molecular formula is C16H18N2O6. The van der Waals surface area contributed by atoms with E-state index >= 15 is 0 Å². The van der Waals surface area contributed by atoms with Crippen LogP contribution < -0.4 is 0 Å². The predicted octanol–water partition coefficient (Wildman–Crippen LogP) is 2.07. The summed E-state index contributed by atoms with van der Waals surface area (Å²) in [6, 6.07) is 5.01. The van der Waals surface area contributed by atoms with E-state index in [1.54, 1.807) is 21.0 Å². The van der Waals surface area contributed by atoms with Gasteiger partial charge in [0.15, 0.2) is 5.78 Å². The molecule has 8 nitrogen and oxygen atoms in total. The van der Waals surface area contributed by atoms with E-state index in [1.807, 2.05) is 0 Å². The molecule has 0 aliphatic carbocycles. The van der Waals surface area contributed by atoms with Gasteiger partial charge in [-0.1, -0.05) is 0 Å². The van der Waals surface area contributed by atoms with Crippen LogP contribution in [0.1, 0.15) is 12.5 Å². The number of nitro benzene ring substituents is 1. The molecule has 0 saturated carbocycles. The highest BCUT2D eigenvalue weighted by atomic mass is 16.6. The summed E-state index contributed by atoms with van der Waals surface area (Å²) in [7, 11) is 3.26. The standard InChI is InChI=1S/C16H18N2O6/c1-4-24-16(21)13(10-17(2)3)15(20)9-14(19)11-5-7-12(8-6-11)18(22)23/h5-10,19H,4H2,1-3H3/b13-10?,14-9-. The van der Waals surface area contributed by atoms with Crippen molar-refractivity contribution < 1.29 is 24.4 Å². The molecule has 1 N–H and O–H groups in total. The van der Waals surface area contributed by atoms with Gasteiger partial charge in [0.05, 0.1) is 11.5 Å². The zero-order chi connectivity index (χ0) is 18.3.